The summed E-state index contributed by atoms with van der Waals surface area (Å²) in [6, 6.07) is 13.2. The molecule has 0 aliphatic carbocycles. The Morgan fingerprint density at radius 2 is 1.75 bits per heavy atom. The van der Waals surface area contributed by atoms with Crippen LogP contribution in [0, 0.1) is 18.3 Å². The summed E-state index contributed by atoms with van der Waals surface area (Å²) >= 11 is 0. The van der Waals surface area contributed by atoms with Gasteiger partial charge in [0.05, 0.1) is 12.6 Å². The lowest BCUT2D eigenvalue weighted by Crippen LogP contribution is -2.36. The quantitative estimate of drug-likeness (QED) is 0.264. The summed E-state index contributed by atoms with van der Waals surface area (Å²) < 4.78 is 16.1. The largest absolute Gasteiger partial charge is 0.491 e. The lowest BCUT2D eigenvalue weighted by Gasteiger charge is -2.31. The highest BCUT2D eigenvalue weighted by Gasteiger charge is 2.54. The van der Waals surface area contributed by atoms with Gasteiger partial charge in [-0.3, -0.25) is 19.3 Å². The minimum absolute atomic E-state index is 0.277. The van der Waals surface area contributed by atoms with Crippen LogP contribution < -0.4 is 9.64 Å². The smallest absolute Gasteiger partial charge is 0.295 e. The first kappa shape index (κ1) is 25.2. The lowest BCUT2D eigenvalue weighted by atomic mass is 9.77. The van der Waals surface area contributed by atoms with Crippen LogP contribution in [0.2, 0.25) is 0 Å². The Hall–Kier alpha value is -3.85. The summed E-state index contributed by atoms with van der Waals surface area (Å²) in [4.78, 5) is 45.8. The standard InChI is InChI=1S/C27H29N3O6/c1-16-28-25(29-36-16)17-10-12-18(13-11-17)30-22(19-8-6-7-9-20(19)35-15-14-34-5)21(23(31)26(30)33)24(32)27(2,3)4/h6-13,21-22H,14-15H2,1-5H3. The summed E-state index contributed by atoms with van der Waals surface area (Å²) in [5.41, 5.74) is 0.906. The van der Waals surface area contributed by atoms with Crippen molar-refractivity contribution >= 4 is 23.2 Å². The van der Waals surface area contributed by atoms with Crippen molar-refractivity contribution in [3.8, 4) is 17.1 Å². The molecule has 9 heteroatoms. The van der Waals surface area contributed by atoms with Crippen molar-refractivity contribution in [2.45, 2.75) is 33.7 Å². The molecule has 1 aliphatic rings. The van der Waals surface area contributed by atoms with Crippen LogP contribution in [0.4, 0.5) is 5.69 Å². The Labute approximate surface area is 209 Å². The molecule has 188 valence electrons. The number of anilines is 1. The van der Waals surface area contributed by atoms with E-state index in [1.165, 1.54) is 4.90 Å². The molecule has 9 nitrogen and oxygen atoms in total. The minimum Gasteiger partial charge on any atom is -0.491 e. The molecule has 1 saturated heterocycles. The Bertz CT molecular complexity index is 1280. The number of benzene rings is 2. The van der Waals surface area contributed by atoms with Gasteiger partial charge in [0.2, 0.25) is 17.5 Å². The van der Waals surface area contributed by atoms with Crippen LogP contribution in [0.3, 0.4) is 0 Å². The number of amides is 1. The van der Waals surface area contributed by atoms with Crippen LogP contribution in [-0.2, 0) is 19.1 Å². The highest BCUT2D eigenvalue weighted by atomic mass is 16.5. The molecule has 2 aromatic carbocycles. The summed E-state index contributed by atoms with van der Waals surface area (Å²) in [6.07, 6.45) is 0. The number of rotatable bonds is 8. The first-order valence-electron chi connectivity index (χ1n) is 11.7. The van der Waals surface area contributed by atoms with E-state index >= 15 is 0 Å². The SMILES string of the molecule is COCCOc1ccccc1C1C(C(=O)C(C)(C)C)C(=O)C(=O)N1c1ccc(-c2noc(C)n2)cc1. The Morgan fingerprint density at radius 1 is 1.06 bits per heavy atom. The van der Waals surface area contributed by atoms with E-state index < -0.39 is 29.1 Å². The second-order valence-corrected chi connectivity index (χ2v) is 9.64. The number of nitrogens with zero attached hydrogens (tertiary/aromatic N) is 3. The van der Waals surface area contributed by atoms with Crippen LogP contribution in [0.1, 0.15) is 38.3 Å². The van der Waals surface area contributed by atoms with Gasteiger partial charge >= 0.3 is 0 Å². The average Bonchev–Trinajstić information content (AvgIpc) is 3.39. The molecule has 0 bridgehead atoms. The fourth-order valence-electron chi connectivity index (χ4n) is 4.27. The maximum atomic E-state index is 13.5. The third-order valence-electron chi connectivity index (χ3n) is 6.04. The van der Waals surface area contributed by atoms with E-state index in [1.807, 2.05) is 0 Å². The Balaban J connectivity index is 1.81. The number of aromatic nitrogens is 2. The first-order valence-corrected chi connectivity index (χ1v) is 11.7. The van der Waals surface area contributed by atoms with E-state index in [-0.39, 0.29) is 12.4 Å². The first-order chi connectivity index (χ1) is 17.1. The van der Waals surface area contributed by atoms with E-state index in [0.29, 0.717) is 40.9 Å². The Morgan fingerprint density at radius 3 is 2.36 bits per heavy atom. The van der Waals surface area contributed by atoms with Crippen LogP contribution in [0.15, 0.2) is 53.1 Å². The van der Waals surface area contributed by atoms with E-state index in [0.717, 1.165) is 0 Å². The van der Waals surface area contributed by atoms with Gasteiger partial charge in [0, 0.05) is 36.3 Å². The normalized spacial score (nSPS) is 18.1. The molecule has 2 atom stereocenters. The molecule has 1 aliphatic heterocycles. The van der Waals surface area contributed by atoms with Crippen molar-refractivity contribution in [2.75, 3.05) is 25.2 Å². The molecule has 36 heavy (non-hydrogen) atoms. The van der Waals surface area contributed by atoms with Gasteiger partial charge in [-0.15, -0.1) is 0 Å². The number of hydrogen-bond donors (Lipinski definition) is 0. The molecule has 2 heterocycles. The second-order valence-electron chi connectivity index (χ2n) is 9.64. The van der Waals surface area contributed by atoms with Crippen LogP contribution in [-0.4, -0.2) is 47.9 Å². The van der Waals surface area contributed by atoms with Gasteiger partial charge in [0.1, 0.15) is 18.3 Å². The zero-order chi connectivity index (χ0) is 26.0. The van der Waals surface area contributed by atoms with E-state index in [2.05, 4.69) is 10.1 Å². The van der Waals surface area contributed by atoms with E-state index in [1.54, 1.807) is 83.3 Å². The monoisotopic (exact) mass is 491 g/mol. The summed E-state index contributed by atoms with van der Waals surface area (Å²) in [6.45, 7) is 7.57. The Kier molecular flexibility index (Phi) is 7.03. The zero-order valence-electron chi connectivity index (χ0n) is 21.0. The molecule has 0 saturated carbocycles. The molecule has 0 N–H and O–H groups in total. The van der Waals surface area contributed by atoms with Crippen molar-refractivity contribution in [2.24, 2.45) is 11.3 Å². The van der Waals surface area contributed by atoms with E-state index in [4.69, 9.17) is 14.0 Å². The summed E-state index contributed by atoms with van der Waals surface area (Å²) in [7, 11) is 1.57. The molecule has 1 amide bonds. The number of carbonyl (C=O) groups is 3. The van der Waals surface area contributed by atoms with Gasteiger partial charge in [0.15, 0.2) is 5.78 Å². The number of hydrogen-bond acceptors (Lipinski definition) is 8. The number of aryl methyl sites for hydroxylation is 1. The van der Waals surface area contributed by atoms with Crippen molar-refractivity contribution in [3.05, 3.63) is 60.0 Å². The van der Waals surface area contributed by atoms with Gasteiger partial charge in [-0.1, -0.05) is 44.1 Å². The molecule has 4 rings (SSSR count). The number of ether oxygens (including phenoxy) is 2. The topological polar surface area (TPSA) is 112 Å². The highest BCUT2D eigenvalue weighted by molar-refractivity contribution is 6.48. The highest BCUT2D eigenvalue weighted by Crippen LogP contribution is 2.45. The third kappa shape index (κ3) is 4.79. The van der Waals surface area contributed by atoms with Gasteiger partial charge in [-0.05, 0) is 30.3 Å². The molecular formula is C27H29N3O6. The number of para-hydroxylation sites is 1. The lowest BCUT2D eigenvalue weighted by molar-refractivity contribution is -0.141. The maximum Gasteiger partial charge on any atom is 0.295 e. The van der Waals surface area contributed by atoms with Gasteiger partial charge < -0.3 is 14.0 Å². The maximum absolute atomic E-state index is 13.5. The molecular weight excluding hydrogens is 462 g/mol. The van der Waals surface area contributed by atoms with Gasteiger partial charge in [-0.2, -0.15) is 4.98 Å². The fraction of sp³-hybridized carbons (Fsp3) is 0.370. The predicted molar refractivity (Wildman–Crippen MR) is 131 cm³/mol. The van der Waals surface area contributed by atoms with Crippen molar-refractivity contribution in [1.82, 2.24) is 10.1 Å². The number of methoxy groups -OCH3 is 1. The molecule has 0 radical (unpaired) electrons. The molecule has 1 aromatic heterocycles. The predicted octanol–water partition coefficient (Wildman–Crippen LogP) is 3.96. The summed E-state index contributed by atoms with van der Waals surface area (Å²) in [5.74, 6) is -1.62. The number of Topliss-reactive ketones (excluding diaryl/α,β-unsaturated/α-hetero) is 2. The van der Waals surface area contributed by atoms with Crippen molar-refractivity contribution in [1.29, 1.82) is 0 Å². The van der Waals surface area contributed by atoms with Crippen LogP contribution in [0.25, 0.3) is 11.4 Å². The third-order valence-corrected chi connectivity index (χ3v) is 6.04. The van der Waals surface area contributed by atoms with Gasteiger partial charge in [-0.25, -0.2) is 0 Å². The summed E-state index contributed by atoms with van der Waals surface area (Å²) in [5, 5.41) is 3.92. The van der Waals surface area contributed by atoms with Crippen molar-refractivity contribution < 1.29 is 28.4 Å². The van der Waals surface area contributed by atoms with Crippen molar-refractivity contribution in [3.63, 3.8) is 0 Å². The zero-order valence-corrected chi connectivity index (χ0v) is 21.0. The fourth-order valence-corrected chi connectivity index (χ4v) is 4.27. The number of carbonyl (C=O) groups excluding carboxylic acids is 3. The van der Waals surface area contributed by atoms with E-state index in [9.17, 15) is 14.4 Å². The molecule has 2 unspecified atom stereocenters. The second kappa shape index (κ2) is 10.0. The molecule has 0 spiro atoms. The molecule has 3 aromatic rings. The van der Waals surface area contributed by atoms with Crippen LogP contribution in [0.5, 0.6) is 5.75 Å². The van der Waals surface area contributed by atoms with Crippen LogP contribution >= 0.6 is 0 Å². The van der Waals surface area contributed by atoms with Gasteiger partial charge in [0.25, 0.3) is 5.91 Å². The minimum atomic E-state index is -1.18. The number of ketones is 2. The average molecular weight is 492 g/mol. The molecule has 1 fully saturated rings.